The van der Waals surface area contributed by atoms with E-state index in [9.17, 15) is 34.8 Å². The minimum absolute atomic E-state index is 0.0356. The second-order valence-corrected chi connectivity index (χ2v) is 13.6. The maximum atomic E-state index is 14.5. The van der Waals surface area contributed by atoms with Crippen molar-refractivity contribution in [2.24, 2.45) is 16.6 Å². The molecule has 3 aliphatic rings. The lowest BCUT2D eigenvalue weighted by molar-refractivity contribution is -0.175. The number of carbonyl (C=O) groups excluding carboxylic acids is 3. The van der Waals surface area contributed by atoms with Crippen molar-refractivity contribution in [1.29, 1.82) is 0 Å². The third-order valence-corrected chi connectivity index (χ3v) is 10.1. The van der Waals surface area contributed by atoms with Crippen LogP contribution in [-0.2, 0) is 27.3 Å². The average molecular weight is 612 g/mol. The summed E-state index contributed by atoms with van der Waals surface area (Å²) in [7, 11) is 6.81. The first-order valence-electron chi connectivity index (χ1n) is 13.8. The van der Waals surface area contributed by atoms with E-state index in [2.05, 4.69) is 10.3 Å². The molecule has 2 aromatic rings. The molecule has 4 atom stereocenters. The van der Waals surface area contributed by atoms with Crippen LogP contribution in [0.25, 0.3) is 5.76 Å². The molecule has 0 bridgehead atoms. The monoisotopic (exact) mass is 611 g/mol. The number of aryl methyl sites for hydroxylation is 1. The van der Waals surface area contributed by atoms with Crippen LogP contribution in [0.15, 0.2) is 28.4 Å². The van der Waals surface area contributed by atoms with E-state index in [0.29, 0.717) is 21.9 Å². The van der Waals surface area contributed by atoms with Crippen LogP contribution >= 0.6 is 11.3 Å². The Morgan fingerprint density at radius 1 is 1.19 bits per heavy atom. The van der Waals surface area contributed by atoms with Gasteiger partial charge in [0.2, 0.25) is 5.78 Å². The first-order valence-corrected chi connectivity index (χ1v) is 14.6. The molecule has 0 aliphatic heterocycles. The molecule has 0 unspecified atom stereocenters. The number of phenolic OH excluding ortho intramolecular Hbond substituents is 1. The number of nitrogens with zero attached hydrogens (tertiary/aromatic N) is 3. The minimum Gasteiger partial charge on any atom is -0.508 e. The molecule has 230 valence electrons. The molecule has 5 rings (SSSR count). The normalized spacial score (nSPS) is 28.5. The summed E-state index contributed by atoms with van der Waals surface area (Å²) in [5.74, 6) is -5.05. The summed E-state index contributed by atoms with van der Waals surface area (Å²) >= 11 is 1.41. The number of aliphatic hydroxyl groups excluding tert-OH is 2. The molecule has 13 heteroatoms. The van der Waals surface area contributed by atoms with Gasteiger partial charge < -0.3 is 36.4 Å². The maximum Gasteiger partial charge on any atom is 0.255 e. The van der Waals surface area contributed by atoms with E-state index in [4.69, 9.17) is 5.73 Å². The number of aromatic nitrogens is 1. The van der Waals surface area contributed by atoms with Crippen LogP contribution in [-0.4, -0.2) is 87.6 Å². The summed E-state index contributed by atoms with van der Waals surface area (Å²) in [6, 6.07) is 0.610. The number of nitrogens with two attached hydrogens (primary N) is 1. The third-order valence-electron chi connectivity index (χ3n) is 9.22. The lowest BCUT2D eigenvalue weighted by atomic mass is 9.46. The molecule has 1 amide bonds. The number of benzene rings is 1. The van der Waals surface area contributed by atoms with Gasteiger partial charge in [-0.2, -0.15) is 0 Å². The summed E-state index contributed by atoms with van der Waals surface area (Å²) in [4.78, 5) is 48.1. The highest BCUT2D eigenvalue weighted by molar-refractivity contribution is 7.13. The van der Waals surface area contributed by atoms with Crippen molar-refractivity contribution < 1.29 is 34.8 Å². The van der Waals surface area contributed by atoms with Gasteiger partial charge in [-0.3, -0.25) is 19.3 Å². The fourth-order valence-electron chi connectivity index (χ4n) is 7.57. The van der Waals surface area contributed by atoms with E-state index in [1.165, 1.54) is 23.2 Å². The number of anilines is 2. The Labute approximate surface area is 253 Å². The number of rotatable bonds is 6. The number of likely N-dealkylation sites (N-methyl/N-ethyl adjacent to an activating group) is 1. The molecule has 1 aromatic carbocycles. The highest BCUT2D eigenvalue weighted by Crippen LogP contribution is 2.63. The lowest BCUT2D eigenvalue weighted by Crippen LogP contribution is -2.72. The van der Waals surface area contributed by atoms with Gasteiger partial charge in [0, 0.05) is 53.7 Å². The number of thiazole rings is 1. The van der Waals surface area contributed by atoms with Gasteiger partial charge in [0.1, 0.15) is 22.8 Å². The van der Waals surface area contributed by atoms with E-state index in [1.54, 1.807) is 21.0 Å². The summed E-state index contributed by atoms with van der Waals surface area (Å²) in [6.07, 6.45) is 0.132. The molecule has 1 saturated carbocycles. The third kappa shape index (κ3) is 4.09. The van der Waals surface area contributed by atoms with Crippen LogP contribution in [0.1, 0.15) is 42.7 Å². The van der Waals surface area contributed by atoms with E-state index >= 15 is 0 Å². The minimum atomic E-state index is -2.76. The number of Topliss-reactive ketones (excluding diaryl/α,β-unsaturated/α-hetero) is 2. The van der Waals surface area contributed by atoms with Gasteiger partial charge in [-0.1, -0.05) is 13.8 Å². The number of phenols is 1. The van der Waals surface area contributed by atoms with Crippen LogP contribution < -0.4 is 16.0 Å². The zero-order valence-corrected chi connectivity index (χ0v) is 26.0. The largest absolute Gasteiger partial charge is 0.508 e. The second kappa shape index (κ2) is 9.79. The highest BCUT2D eigenvalue weighted by Gasteiger charge is 2.72. The van der Waals surface area contributed by atoms with E-state index in [-0.39, 0.29) is 36.3 Å². The first-order chi connectivity index (χ1) is 19.9. The van der Waals surface area contributed by atoms with Gasteiger partial charge in [-0.05, 0) is 45.5 Å². The van der Waals surface area contributed by atoms with Crippen LogP contribution in [0.2, 0.25) is 0 Å². The van der Waals surface area contributed by atoms with Crippen molar-refractivity contribution in [3.05, 3.63) is 50.7 Å². The Bertz CT molecular complexity index is 1660. The Hall–Kier alpha value is -3.94. The fraction of sp³-hybridized carbons (Fsp3) is 0.467. The van der Waals surface area contributed by atoms with Gasteiger partial charge >= 0.3 is 0 Å². The number of fused-ring (bicyclic) bond motifs is 3. The van der Waals surface area contributed by atoms with Gasteiger partial charge in [-0.25, -0.2) is 4.98 Å². The molecule has 3 aliphatic carbocycles. The molecule has 1 aromatic heterocycles. The Morgan fingerprint density at radius 2 is 1.84 bits per heavy atom. The summed E-state index contributed by atoms with van der Waals surface area (Å²) in [5, 5.41) is 52.5. The van der Waals surface area contributed by atoms with Gasteiger partial charge in [0.25, 0.3) is 5.91 Å². The second-order valence-electron chi connectivity index (χ2n) is 12.7. The van der Waals surface area contributed by atoms with Crippen molar-refractivity contribution in [3.8, 4) is 5.75 Å². The Balaban J connectivity index is 1.75. The molecular weight excluding hydrogens is 574 g/mol. The smallest absolute Gasteiger partial charge is 0.255 e. The molecule has 12 nitrogen and oxygen atoms in total. The molecule has 1 fully saturated rings. The maximum absolute atomic E-state index is 14.5. The van der Waals surface area contributed by atoms with Crippen molar-refractivity contribution in [1.82, 2.24) is 9.88 Å². The number of hydrogen-bond acceptors (Lipinski definition) is 12. The molecule has 0 radical (unpaired) electrons. The number of carbonyl (C=O) groups is 3. The molecule has 43 heavy (non-hydrogen) atoms. The number of aromatic hydroxyl groups is 1. The van der Waals surface area contributed by atoms with Crippen molar-refractivity contribution in [3.63, 3.8) is 0 Å². The van der Waals surface area contributed by atoms with Crippen molar-refractivity contribution in [2.75, 3.05) is 38.4 Å². The van der Waals surface area contributed by atoms with Crippen LogP contribution in [0, 0.1) is 17.8 Å². The number of primary amides is 1. The number of nitrogens with one attached hydrogen (secondary N) is 1. The van der Waals surface area contributed by atoms with Crippen molar-refractivity contribution >= 4 is 45.4 Å². The van der Waals surface area contributed by atoms with Crippen LogP contribution in [0.4, 0.5) is 10.8 Å². The van der Waals surface area contributed by atoms with Gasteiger partial charge in [0.05, 0.1) is 17.3 Å². The van der Waals surface area contributed by atoms with Gasteiger partial charge in [0.15, 0.2) is 16.5 Å². The first kappa shape index (κ1) is 30.5. The van der Waals surface area contributed by atoms with E-state index in [0.717, 1.165) is 5.69 Å². The van der Waals surface area contributed by atoms with Crippen LogP contribution in [0.5, 0.6) is 5.75 Å². The SMILES string of the molecule is Cc1csc(NCc2cc(N(C)C)c3c(c2O)C(O)=C2C(=O)[C@]4(O)C(O)=C(C(N)=O)C(=O)[C@@H](N(C)C)[C@]4(C)C[C@]2(C)C3)n1. The molecular formula is C30H37N5O7S. The summed E-state index contributed by atoms with van der Waals surface area (Å²) < 4.78 is 0. The van der Waals surface area contributed by atoms with Crippen LogP contribution in [0.3, 0.4) is 0 Å². The summed E-state index contributed by atoms with van der Waals surface area (Å²) in [5.41, 5.74) is 1.49. The average Bonchev–Trinajstić information content (AvgIpc) is 3.30. The predicted octanol–water partition coefficient (Wildman–Crippen LogP) is 2.19. The number of hydrogen-bond donors (Lipinski definition) is 6. The predicted molar refractivity (Wildman–Crippen MR) is 162 cm³/mol. The topological polar surface area (TPSA) is 190 Å². The zero-order valence-electron chi connectivity index (χ0n) is 25.2. The zero-order chi connectivity index (χ0) is 32.0. The van der Waals surface area contributed by atoms with E-state index < -0.39 is 57.0 Å². The molecule has 1 heterocycles. The van der Waals surface area contributed by atoms with Gasteiger partial charge in [-0.15, -0.1) is 11.3 Å². The standard InChI is InChI=1S/C30H37N5O7S/c1-13-11-43-27(33-13)32-10-14-8-16(34(4)5)15-9-28(2)12-29(3)23(35(6)7)22(38)18(26(31)41)24(39)30(29,42)25(40)19(28)21(37)17(15)20(14)36/h8,11,23,36-37,39,42H,9-10,12H2,1-7H3,(H2,31,41)(H,32,33)/t23-,28+,29+,30-/m1/s1. The van der Waals surface area contributed by atoms with Crippen molar-refractivity contribution in [2.45, 2.75) is 51.8 Å². The number of ketones is 2. The lowest BCUT2D eigenvalue weighted by Gasteiger charge is -2.59. The summed E-state index contributed by atoms with van der Waals surface area (Å²) in [6.45, 7) is 5.31. The Morgan fingerprint density at radius 3 is 2.37 bits per heavy atom. The molecule has 0 spiro atoms. The number of aliphatic hydroxyl groups is 3. The molecule has 7 N–H and O–H groups in total. The van der Waals surface area contributed by atoms with E-state index in [1.807, 2.05) is 37.4 Å². The highest BCUT2D eigenvalue weighted by atomic mass is 32.1. The molecule has 0 saturated heterocycles. The Kier molecular flexibility index (Phi) is 6.95. The number of amides is 1. The quantitative estimate of drug-likeness (QED) is 0.263. The fourth-order valence-corrected chi connectivity index (χ4v) is 8.25.